The van der Waals surface area contributed by atoms with Gasteiger partial charge in [0.2, 0.25) is 0 Å². The number of rotatable bonds is 5. The minimum atomic E-state index is 0.0781. The van der Waals surface area contributed by atoms with Crippen LogP contribution >= 0.6 is 12.6 Å². The average Bonchev–Trinajstić information content (AvgIpc) is 2.19. The Bertz CT molecular complexity index is 233. The van der Waals surface area contributed by atoms with Crippen molar-refractivity contribution in [1.82, 2.24) is 0 Å². The van der Waals surface area contributed by atoms with Crippen LogP contribution in [-0.4, -0.2) is 18.3 Å². The molecule has 0 aromatic heterocycles. The zero-order valence-corrected chi connectivity index (χ0v) is 8.33. The largest absolute Gasteiger partial charge is 0.394 e. The third kappa shape index (κ3) is 3.81. The van der Waals surface area contributed by atoms with Crippen molar-refractivity contribution >= 4 is 12.6 Å². The van der Waals surface area contributed by atoms with Crippen LogP contribution < -0.4 is 0 Å². The van der Waals surface area contributed by atoms with E-state index in [9.17, 15) is 0 Å². The van der Waals surface area contributed by atoms with Gasteiger partial charge in [-0.2, -0.15) is 12.6 Å². The first-order valence-electron chi connectivity index (χ1n) is 4.24. The Morgan fingerprint density at radius 2 is 1.77 bits per heavy atom. The quantitative estimate of drug-likeness (QED) is 0.556. The molecule has 3 heteroatoms. The van der Waals surface area contributed by atoms with Crippen molar-refractivity contribution in [1.29, 1.82) is 0 Å². The van der Waals surface area contributed by atoms with Gasteiger partial charge in [0.25, 0.3) is 0 Å². The van der Waals surface area contributed by atoms with Crippen molar-refractivity contribution in [3.8, 4) is 0 Å². The van der Waals surface area contributed by atoms with E-state index in [2.05, 4.69) is 12.6 Å². The van der Waals surface area contributed by atoms with Crippen LogP contribution in [0.5, 0.6) is 0 Å². The molecular formula is C10H14O2S. The number of hydrogen-bond acceptors (Lipinski definition) is 3. The first-order valence-corrected chi connectivity index (χ1v) is 4.87. The molecule has 2 nitrogen and oxygen atoms in total. The SMILES string of the molecule is OCCOCc1ccc(CS)cc1. The van der Waals surface area contributed by atoms with Gasteiger partial charge in [-0.05, 0) is 11.1 Å². The van der Waals surface area contributed by atoms with E-state index in [0.717, 1.165) is 11.3 Å². The zero-order valence-electron chi connectivity index (χ0n) is 7.44. The molecule has 0 fully saturated rings. The summed E-state index contributed by atoms with van der Waals surface area (Å²) in [7, 11) is 0. The normalized spacial score (nSPS) is 10.3. The summed E-state index contributed by atoms with van der Waals surface area (Å²) in [5, 5.41) is 8.49. The van der Waals surface area contributed by atoms with E-state index < -0.39 is 0 Å². The van der Waals surface area contributed by atoms with E-state index in [-0.39, 0.29) is 6.61 Å². The fraction of sp³-hybridized carbons (Fsp3) is 0.400. The van der Waals surface area contributed by atoms with Crippen LogP contribution in [-0.2, 0) is 17.1 Å². The van der Waals surface area contributed by atoms with Crippen LogP contribution in [0.15, 0.2) is 24.3 Å². The monoisotopic (exact) mass is 198 g/mol. The van der Waals surface area contributed by atoms with Crippen molar-refractivity contribution in [2.45, 2.75) is 12.4 Å². The van der Waals surface area contributed by atoms with Crippen LogP contribution in [0.3, 0.4) is 0 Å². The molecule has 0 aliphatic rings. The van der Waals surface area contributed by atoms with E-state index in [1.165, 1.54) is 5.56 Å². The molecule has 0 atom stereocenters. The van der Waals surface area contributed by atoms with Crippen molar-refractivity contribution in [3.63, 3.8) is 0 Å². The number of ether oxygens (including phenoxy) is 1. The van der Waals surface area contributed by atoms with Crippen molar-refractivity contribution in [3.05, 3.63) is 35.4 Å². The first kappa shape index (κ1) is 10.6. The highest BCUT2D eigenvalue weighted by Gasteiger charge is 1.93. The molecule has 0 aliphatic carbocycles. The smallest absolute Gasteiger partial charge is 0.0718 e. The topological polar surface area (TPSA) is 29.5 Å². The molecule has 1 aromatic rings. The Kier molecular flexibility index (Phi) is 4.90. The van der Waals surface area contributed by atoms with Gasteiger partial charge in [0.1, 0.15) is 0 Å². The lowest BCUT2D eigenvalue weighted by Crippen LogP contribution is -1.99. The van der Waals surface area contributed by atoms with E-state index in [0.29, 0.717) is 13.2 Å². The maximum absolute atomic E-state index is 8.49. The molecule has 1 N–H and O–H groups in total. The van der Waals surface area contributed by atoms with Gasteiger partial charge in [0.05, 0.1) is 19.8 Å². The fourth-order valence-electron chi connectivity index (χ4n) is 0.995. The van der Waals surface area contributed by atoms with Crippen molar-refractivity contribution < 1.29 is 9.84 Å². The minimum Gasteiger partial charge on any atom is -0.394 e. The van der Waals surface area contributed by atoms with Gasteiger partial charge < -0.3 is 9.84 Å². The molecule has 0 saturated carbocycles. The predicted molar refractivity (Wildman–Crippen MR) is 55.9 cm³/mol. The van der Waals surface area contributed by atoms with Crippen molar-refractivity contribution in [2.24, 2.45) is 0 Å². The highest BCUT2D eigenvalue weighted by Crippen LogP contribution is 2.07. The molecule has 72 valence electrons. The predicted octanol–water partition coefficient (Wildman–Crippen LogP) is 1.63. The number of thiol groups is 1. The summed E-state index contributed by atoms with van der Waals surface area (Å²) in [6.07, 6.45) is 0. The number of hydrogen-bond donors (Lipinski definition) is 2. The van der Waals surface area contributed by atoms with E-state index in [4.69, 9.17) is 9.84 Å². The Labute approximate surface area is 84.0 Å². The molecule has 0 aliphatic heterocycles. The maximum Gasteiger partial charge on any atom is 0.0718 e. The second kappa shape index (κ2) is 6.02. The molecule has 0 amide bonds. The molecule has 0 radical (unpaired) electrons. The number of aliphatic hydroxyl groups excluding tert-OH is 1. The number of benzene rings is 1. The van der Waals surface area contributed by atoms with Gasteiger partial charge in [0.15, 0.2) is 0 Å². The summed E-state index contributed by atoms with van der Waals surface area (Å²) in [6.45, 7) is 1.04. The van der Waals surface area contributed by atoms with Gasteiger partial charge in [0, 0.05) is 5.75 Å². The van der Waals surface area contributed by atoms with E-state index in [1.807, 2.05) is 24.3 Å². The number of aliphatic hydroxyl groups is 1. The third-order valence-corrected chi connectivity index (χ3v) is 2.08. The van der Waals surface area contributed by atoms with Crippen molar-refractivity contribution in [2.75, 3.05) is 13.2 Å². The molecule has 0 spiro atoms. The lowest BCUT2D eigenvalue weighted by molar-refractivity contribution is 0.0815. The van der Waals surface area contributed by atoms with E-state index in [1.54, 1.807) is 0 Å². The zero-order chi connectivity index (χ0) is 9.52. The van der Waals surface area contributed by atoms with Gasteiger partial charge in [-0.15, -0.1) is 0 Å². The van der Waals surface area contributed by atoms with Gasteiger partial charge in [-0.1, -0.05) is 24.3 Å². The standard InChI is InChI=1S/C10H14O2S/c11-5-6-12-7-9-1-3-10(8-13)4-2-9/h1-4,11,13H,5-8H2. The molecule has 1 rings (SSSR count). The second-order valence-electron chi connectivity index (χ2n) is 2.75. The summed E-state index contributed by atoms with van der Waals surface area (Å²) < 4.78 is 5.17. The average molecular weight is 198 g/mol. The third-order valence-electron chi connectivity index (χ3n) is 1.71. The Hall–Kier alpha value is -0.510. The molecule has 0 saturated heterocycles. The summed E-state index contributed by atoms with van der Waals surface area (Å²) in [6, 6.07) is 8.10. The van der Waals surface area contributed by atoms with Gasteiger partial charge in [-0.3, -0.25) is 0 Å². The van der Waals surface area contributed by atoms with Crippen LogP contribution in [0.25, 0.3) is 0 Å². The van der Waals surface area contributed by atoms with E-state index >= 15 is 0 Å². The molecule has 13 heavy (non-hydrogen) atoms. The van der Waals surface area contributed by atoms with Crippen LogP contribution in [0, 0.1) is 0 Å². The van der Waals surface area contributed by atoms with Crippen LogP contribution in [0.1, 0.15) is 11.1 Å². The lowest BCUT2D eigenvalue weighted by Gasteiger charge is -2.03. The fourth-order valence-corrected chi connectivity index (χ4v) is 1.21. The minimum absolute atomic E-state index is 0.0781. The second-order valence-corrected chi connectivity index (χ2v) is 3.07. The molecule has 0 bridgehead atoms. The Morgan fingerprint density at radius 3 is 2.31 bits per heavy atom. The molecule has 1 aromatic carbocycles. The Morgan fingerprint density at radius 1 is 1.15 bits per heavy atom. The van der Waals surface area contributed by atoms with Gasteiger partial charge >= 0.3 is 0 Å². The molecule has 0 unspecified atom stereocenters. The molecular weight excluding hydrogens is 184 g/mol. The summed E-state index contributed by atoms with van der Waals surface area (Å²) >= 11 is 4.17. The first-order chi connectivity index (χ1) is 6.36. The van der Waals surface area contributed by atoms with Crippen LogP contribution in [0.2, 0.25) is 0 Å². The summed E-state index contributed by atoms with van der Waals surface area (Å²) in [5.41, 5.74) is 2.33. The lowest BCUT2D eigenvalue weighted by atomic mass is 10.2. The van der Waals surface area contributed by atoms with Gasteiger partial charge in [-0.25, -0.2) is 0 Å². The Balaban J connectivity index is 2.40. The highest BCUT2D eigenvalue weighted by molar-refractivity contribution is 7.79. The summed E-state index contributed by atoms with van der Waals surface area (Å²) in [5.74, 6) is 0.762. The summed E-state index contributed by atoms with van der Waals surface area (Å²) in [4.78, 5) is 0. The maximum atomic E-state index is 8.49. The van der Waals surface area contributed by atoms with Crippen LogP contribution in [0.4, 0.5) is 0 Å². The molecule has 0 heterocycles. The highest BCUT2D eigenvalue weighted by atomic mass is 32.1.